The van der Waals surface area contributed by atoms with Gasteiger partial charge in [0.05, 0.1) is 11.6 Å². The second kappa shape index (κ2) is 4.40. The van der Waals surface area contributed by atoms with Gasteiger partial charge in [-0.25, -0.2) is 10.3 Å². The van der Waals surface area contributed by atoms with E-state index in [1.807, 2.05) is 0 Å². The van der Waals surface area contributed by atoms with Gasteiger partial charge in [0.25, 0.3) is 0 Å². The van der Waals surface area contributed by atoms with E-state index in [2.05, 4.69) is 4.84 Å². The van der Waals surface area contributed by atoms with Crippen LogP contribution >= 0.6 is 11.6 Å². The first-order valence-electron chi connectivity index (χ1n) is 3.50. The van der Waals surface area contributed by atoms with Crippen LogP contribution in [0.15, 0.2) is 18.2 Å². The van der Waals surface area contributed by atoms with Crippen LogP contribution in [0.25, 0.3) is 0 Å². The van der Waals surface area contributed by atoms with Crippen molar-refractivity contribution in [1.82, 2.24) is 0 Å². The Morgan fingerprint density at radius 3 is 2.92 bits per heavy atom. The molecule has 0 aliphatic heterocycles. The molecule has 66 valence electrons. The zero-order chi connectivity index (χ0) is 8.97. The van der Waals surface area contributed by atoms with Gasteiger partial charge in [-0.05, 0) is 18.1 Å². The van der Waals surface area contributed by atoms with Crippen molar-refractivity contribution in [2.24, 2.45) is 5.90 Å². The second-order valence-electron chi connectivity index (χ2n) is 2.33. The van der Waals surface area contributed by atoms with Crippen molar-refractivity contribution in [3.05, 3.63) is 34.6 Å². The molecule has 0 fully saturated rings. The molecule has 0 atom stereocenters. The molecule has 0 aliphatic rings. The van der Waals surface area contributed by atoms with E-state index in [9.17, 15) is 4.39 Å². The monoisotopic (exact) mass is 189 g/mol. The molecule has 1 aromatic rings. The summed E-state index contributed by atoms with van der Waals surface area (Å²) in [6, 6.07) is 4.66. The predicted octanol–water partition coefficient (Wildman–Crippen LogP) is 1.91. The van der Waals surface area contributed by atoms with Crippen LogP contribution in [0.4, 0.5) is 4.39 Å². The number of nitrogens with two attached hydrogens (primary N) is 1. The van der Waals surface area contributed by atoms with Crippen LogP contribution in [0.3, 0.4) is 0 Å². The lowest BCUT2D eigenvalue weighted by atomic mass is 10.1. The SMILES string of the molecule is NOCCc1cccc(F)c1Cl. The maximum atomic E-state index is 12.8. The minimum absolute atomic E-state index is 0.148. The van der Waals surface area contributed by atoms with Crippen LogP contribution < -0.4 is 5.90 Å². The lowest BCUT2D eigenvalue weighted by molar-refractivity contribution is 0.141. The van der Waals surface area contributed by atoms with E-state index >= 15 is 0 Å². The maximum absolute atomic E-state index is 12.8. The molecule has 1 rings (SSSR count). The van der Waals surface area contributed by atoms with E-state index in [0.717, 1.165) is 0 Å². The molecule has 0 saturated carbocycles. The lowest BCUT2D eigenvalue weighted by Gasteiger charge is -2.02. The van der Waals surface area contributed by atoms with E-state index in [0.29, 0.717) is 18.6 Å². The Kier molecular flexibility index (Phi) is 3.47. The van der Waals surface area contributed by atoms with Crippen molar-refractivity contribution >= 4 is 11.6 Å². The molecule has 0 spiro atoms. The first kappa shape index (κ1) is 9.45. The summed E-state index contributed by atoms with van der Waals surface area (Å²) in [4.78, 5) is 4.36. The van der Waals surface area contributed by atoms with Gasteiger partial charge in [0.2, 0.25) is 0 Å². The van der Waals surface area contributed by atoms with Crippen molar-refractivity contribution in [2.75, 3.05) is 6.61 Å². The van der Waals surface area contributed by atoms with E-state index < -0.39 is 5.82 Å². The highest BCUT2D eigenvalue weighted by Gasteiger charge is 2.04. The largest absolute Gasteiger partial charge is 0.304 e. The quantitative estimate of drug-likeness (QED) is 0.738. The zero-order valence-electron chi connectivity index (χ0n) is 6.39. The van der Waals surface area contributed by atoms with Gasteiger partial charge in [-0.2, -0.15) is 0 Å². The summed E-state index contributed by atoms with van der Waals surface area (Å²) in [5.41, 5.74) is 0.710. The highest BCUT2D eigenvalue weighted by atomic mass is 35.5. The third-order valence-electron chi connectivity index (χ3n) is 1.52. The first-order chi connectivity index (χ1) is 5.75. The summed E-state index contributed by atoms with van der Waals surface area (Å²) >= 11 is 5.66. The molecular weight excluding hydrogens is 181 g/mol. The Morgan fingerprint density at radius 2 is 2.25 bits per heavy atom. The van der Waals surface area contributed by atoms with Crippen LogP contribution in [0, 0.1) is 5.82 Å². The maximum Gasteiger partial charge on any atom is 0.142 e. The Labute approximate surface area is 75.0 Å². The normalized spacial score (nSPS) is 10.2. The van der Waals surface area contributed by atoms with Gasteiger partial charge in [-0.15, -0.1) is 0 Å². The molecule has 0 radical (unpaired) electrons. The van der Waals surface area contributed by atoms with Gasteiger partial charge in [-0.3, -0.25) is 0 Å². The molecule has 0 heterocycles. The molecule has 2 nitrogen and oxygen atoms in total. The first-order valence-corrected chi connectivity index (χ1v) is 3.88. The summed E-state index contributed by atoms with van der Waals surface area (Å²) in [6.45, 7) is 0.336. The summed E-state index contributed by atoms with van der Waals surface area (Å²) in [5, 5.41) is 0.148. The van der Waals surface area contributed by atoms with Crippen LogP contribution in [0.1, 0.15) is 5.56 Å². The molecule has 0 amide bonds. The number of hydrogen-bond donors (Lipinski definition) is 1. The molecule has 12 heavy (non-hydrogen) atoms. The van der Waals surface area contributed by atoms with Crippen molar-refractivity contribution in [3.8, 4) is 0 Å². The second-order valence-corrected chi connectivity index (χ2v) is 2.71. The van der Waals surface area contributed by atoms with E-state index in [1.54, 1.807) is 12.1 Å². The number of halogens is 2. The topological polar surface area (TPSA) is 35.2 Å². The Balaban J connectivity index is 2.78. The predicted molar refractivity (Wildman–Crippen MR) is 45.3 cm³/mol. The van der Waals surface area contributed by atoms with E-state index in [4.69, 9.17) is 17.5 Å². The fraction of sp³-hybridized carbons (Fsp3) is 0.250. The molecule has 0 saturated heterocycles. The molecule has 0 unspecified atom stereocenters. The summed E-state index contributed by atoms with van der Waals surface area (Å²) in [5.74, 6) is 4.42. The molecule has 1 aromatic carbocycles. The van der Waals surface area contributed by atoms with Gasteiger partial charge in [0.1, 0.15) is 5.82 Å². The van der Waals surface area contributed by atoms with E-state index in [-0.39, 0.29) is 5.02 Å². The minimum Gasteiger partial charge on any atom is -0.304 e. The van der Waals surface area contributed by atoms with Crippen LogP contribution in [-0.2, 0) is 11.3 Å². The molecule has 0 bridgehead atoms. The molecule has 0 aromatic heterocycles. The number of hydrogen-bond acceptors (Lipinski definition) is 2. The standard InChI is InChI=1S/C8H9ClFNO/c9-8-6(4-5-12-11)2-1-3-7(8)10/h1-3H,4-5,11H2. The molecule has 2 N–H and O–H groups in total. The van der Waals surface area contributed by atoms with Gasteiger partial charge in [-0.1, -0.05) is 23.7 Å². The summed E-state index contributed by atoms with van der Waals surface area (Å²) in [6.07, 6.45) is 0.521. The molecule has 0 aliphatic carbocycles. The third kappa shape index (κ3) is 2.17. The fourth-order valence-electron chi connectivity index (χ4n) is 0.910. The summed E-state index contributed by atoms with van der Waals surface area (Å²) in [7, 11) is 0. The molecule has 4 heteroatoms. The van der Waals surface area contributed by atoms with Gasteiger partial charge in [0.15, 0.2) is 0 Å². The van der Waals surface area contributed by atoms with Gasteiger partial charge in [0, 0.05) is 0 Å². The molecular formula is C8H9ClFNO. The van der Waals surface area contributed by atoms with Gasteiger partial charge < -0.3 is 4.84 Å². The Bertz CT molecular complexity index is 267. The fourth-order valence-corrected chi connectivity index (χ4v) is 1.13. The Hall–Kier alpha value is -0.640. The smallest absolute Gasteiger partial charge is 0.142 e. The third-order valence-corrected chi connectivity index (χ3v) is 1.94. The van der Waals surface area contributed by atoms with Crippen LogP contribution in [0.2, 0.25) is 5.02 Å². The zero-order valence-corrected chi connectivity index (χ0v) is 7.14. The summed E-state index contributed by atoms with van der Waals surface area (Å²) < 4.78 is 12.8. The van der Waals surface area contributed by atoms with Crippen molar-refractivity contribution in [1.29, 1.82) is 0 Å². The number of rotatable bonds is 3. The van der Waals surface area contributed by atoms with Crippen LogP contribution in [-0.4, -0.2) is 6.61 Å². The average Bonchev–Trinajstić information content (AvgIpc) is 2.08. The average molecular weight is 190 g/mol. The van der Waals surface area contributed by atoms with E-state index in [1.165, 1.54) is 6.07 Å². The minimum atomic E-state index is -0.411. The van der Waals surface area contributed by atoms with Crippen molar-refractivity contribution in [3.63, 3.8) is 0 Å². The van der Waals surface area contributed by atoms with Crippen molar-refractivity contribution in [2.45, 2.75) is 6.42 Å². The van der Waals surface area contributed by atoms with Gasteiger partial charge >= 0.3 is 0 Å². The van der Waals surface area contributed by atoms with Crippen LogP contribution in [0.5, 0.6) is 0 Å². The highest BCUT2D eigenvalue weighted by Crippen LogP contribution is 2.19. The lowest BCUT2D eigenvalue weighted by Crippen LogP contribution is -2.04. The number of benzene rings is 1. The van der Waals surface area contributed by atoms with Crippen molar-refractivity contribution < 1.29 is 9.23 Å². The Morgan fingerprint density at radius 1 is 1.50 bits per heavy atom. The highest BCUT2D eigenvalue weighted by molar-refractivity contribution is 6.31.